The summed E-state index contributed by atoms with van der Waals surface area (Å²) < 4.78 is 11.1. The fourth-order valence-corrected chi connectivity index (χ4v) is 5.21. The predicted molar refractivity (Wildman–Crippen MR) is 148 cm³/mol. The number of aryl methyl sites for hydroxylation is 1. The zero-order chi connectivity index (χ0) is 28.6. The van der Waals surface area contributed by atoms with E-state index in [2.05, 4.69) is 0 Å². The number of hydrogen-bond acceptors (Lipinski definition) is 8. The third-order valence-corrected chi connectivity index (χ3v) is 7.61. The number of rotatable bonds is 20. The van der Waals surface area contributed by atoms with Crippen LogP contribution in [0.3, 0.4) is 0 Å². The third kappa shape index (κ3) is 11.7. The van der Waals surface area contributed by atoms with Crippen LogP contribution in [0.4, 0.5) is 0 Å². The summed E-state index contributed by atoms with van der Waals surface area (Å²) in [5, 5.41) is 58.1. The van der Waals surface area contributed by atoms with Crippen LogP contribution in [0.15, 0.2) is 18.2 Å². The molecule has 1 aliphatic rings. The number of aliphatic hydroxyl groups excluding tert-OH is 4. The maximum atomic E-state index is 11.3. The van der Waals surface area contributed by atoms with E-state index < -0.39 is 43.3 Å². The highest BCUT2D eigenvalue weighted by molar-refractivity contribution is 5.92. The molecule has 0 aromatic heterocycles. The zero-order valence-corrected chi connectivity index (χ0v) is 23.4. The van der Waals surface area contributed by atoms with Gasteiger partial charge in [0.1, 0.15) is 35.7 Å². The van der Waals surface area contributed by atoms with E-state index in [-0.39, 0.29) is 17.4 Å². The first-order chi connectivity index (χ1) is 18.8. The maximum absolute atomic E-state index is 11.3. The largest absolute Gasteiger partial charge is 0.507 e. The van der Waals surface area contributed by atoms with Gasteiger partial charge in [0, 0.05) is 0 Å². The number of hydrogen-bond donors (Lipinski definition) is 6. The Balaban J connectivity index is 1.39. The van der Waals surface area contributed by atoms with Crippen LogP contribution in [0.2, 0.25) is 0 Å². The van der Waals surface area contributed by atoms with Gasteiger partial charge in [-0.05, 0) is 37.8 Å². The average Bonchev–Trinajstić information content (AvgIpc) is 2.90. The van der Waals surface area contributed by atoms with E-state index in [4.69, 9.17) is 9.47 Å². The van der Waals surface area contributed by atoms with Crippen molar-refractivity contribution in [2.75, 3.05) is 6.61 Å². The molecule has 1 aromatic rings. The minimum Gasteiger partial charge on any atom is -0.507 e. The van der Waals surface area contributed by atoms with Crippen LogP contribution < -0.4 is 0 Å². The van der Waals surface area contributed by atoms with Crippen LogP contribution in [0.5, 0.6) is 5.75 Å². The van der Waals surface area contributed by atoms with Gasteiger partial charge in [-0.3, -0.25) is 0 Å². The molecule has 0 spiro atoms. The molecule has 0 radical (unpaired) electrons. The maximum Gasteiger partial charge on any atom is 0.339 e. The number of carbonyl (C=O) groups is 1. The molecule has 39 heavy (non-hydrogen) atoms. The molecule has 0 amide bonds. The Kier molecular flexibility index (Phi) is 15.9. The van der Waals surface area contributed by atoms with Gasteiger partial charge >= 0.3 is 5.97 Å². The smallest absolute Gasteiger partial charge is 0.339 e. The molecule has 9 nitrogen and oxygen atoms in total. The summed E-state index contributed by atoms with van der Waals surface area (Å²) in [6.07, 6.45) is 10.3. The number of ether oxygens (including phenoxy) is 2. The van der Waals surface area contributed by atoms with Gasteiger partial charge in [-0.2, -0.15) is 0 Å². The molecule has 1 aliphatic heterocycles. The van der Waals surface area contributed by atoms with E-state index in [0.29, 0.717) is 12.0 Å². The van der Waals surface area contributed by atoms with Gasteiger partial charge in [0.2, 0.25) is 0 Å². The van der Waals surface area contributed by atoms with Crippen molar-refractivity contribution >= 4 is 5.97 Å². The van der Waals surface area contributed by atoms with Crippen LogP contribution >= 0.6 is 0 Å². The SMILES string of the molecule is CC(CCCCCCCCCCCCCCCc1cccc(O)c1C(=O)O)OC1OC(CO)C(O)C(O)C1O. The molecular formula is C30H50O9. The van der Waals surface area contributed by atoms with Gasteiger partial charge in [0.15, 0.2) is 6.29 Å². The van der Waals surface area contributed by atoms with E-state index in [1.165, 1.54) is 57.4 Å². The second-order valence-corrected chi connectivity index (χ2v) is 10.9. The van der Waals surface area contributed by atoms with E-state index in [9.17, 15) is 35.4 Å². The molecule has 0 bridgehead atoms. The summed E-state index contributed by atoms with van der Waals surface area (Å²) in [5.41, 5.74) is 0.742. The molecule has 6 unspecified atom stereocenters. The van der Waals surface area contributed by atoms with Gasteiger partial charge in [-0.25, -0.2) is 4.79 Å². The number of benzene rings is 1. The molecule has 1 heterocycles. The van der Waals surface area contributed by atoms with Crippen molar-refractivity contribution in [1.82, 2.24) is 0 Å². The average molecular weight is 555 g/mol. The van der Waals surface area contributed by atoms with Crippen LogP contribution in [-0.4, -0.2) is 80.0 Å². The fraction of sp³-hybridized carbons (Fsp3) is 0.767. The van der Waals surface area contributed by atoms with E-state index in [0.717, 1.165) is 38.5 Å². The zero-order valence-electron chi connectivity index (χ0n) is 23.4. The highest BCUT2D eigenvalue weighted by Crippen LogP contribution is 2.25. The van der Waals surface area contributed by atoms with Crippen molar-refractivity contribution < 1.29 is 44.9 Å². The number of aliphatic hydroxyl groups is 4. The monoisotopic (exact) mass is 554 g/mol. The molecule has 0 aliphatic carbocycles. The Labute approximate surface area is 232 Å². The van der Waals surface area contributed by atoms with Crippen LogP contribution in [-0.2, 0) is 15.9 Å². The van der Waals surface area contributed by atoms with E-state index in [1.54, 1.807) is 12.1 Å². The molecule has 1 aromatic carbocycles. The summed E-state index contributed by atoms with van der Waals surface area (Å²) in [6, 6.07) is 4.90. The molecule has 1 saturated heterocycles. The lowest BCUT2D eigenvalue weighted by molar-refractivity contribution is -0.310. The van der Waals surface area contributed by atoms with Crippen molar-refractivity contribution in [1.29, 1.82) is 0 Å². The highest BCUT2D eigenvalue weighted by Gasteiger charge is 2.44. The van der Waals surface area contributed by atoms with Crippen molar-refractivity contribution in [3.63, 3.8) is 0 Å². The standard InChI is InChI=1S/C30H50O9/c1-21(38-30-28(35)27(34)26(33)24(20-31)39-30)16-13-11-9-7-5-3-2-4-6-8-10-12-14-17-22-18-15-19-23(32)25(22)29(36)37/h15,18-19,21,24,26-28,30-35H,2-14,16-17,20H2,1H3,(H,36,37). The quantitative estimate of drug-likeness (QED) is 0.129. The second-order valence-electron chi connectivity index (χ2n) is 10.9. The Morgan fingerprint density at radius 3 is 1.92 bits per heavy atom. The van der Waals surface area contributed by atoms with Crippen LogP contribution in [0.1, 0.15) is 113 Å². The van der Waals surface area contributed by atoms with Crippen molar-refractivity contribution in [2.45, 2.75) is 140 Å². The number of unbranched alkanes of at least 4 members (excludes halogenated alkanes) is 12. The van der Waals surface area contributed by atoms with Crippen molar-refractivity contribution in [2.24, 2.45) is 0 Å². The lowest BCUT2D eigenvalue weighted by Crippen LogP contribution is -2.59. The Hall–Kier alpha value is -1.75. The first-order valence-corrected chi connectivity index (χ1v) is 14.8. The lowest BCUT2D eigenvalue weighted by atomic mass is 9.99. The Morgan fingerprint density at radius 1 is 0.846 bits per heavy atom. The van der Waals surface area contributed by atoms with Gasteiger partial charge < -0.3 is 40.1 Å². The van der Waals surface area contributed by atoms with Crippen LogP contribution in [0.25, 0.3) is 0 Å². The van der Waals surface area contributed by atoms with Gasteiger partial charge in [0.25, 0.3) is 0 Å². The molecular weight excluding hydrogens is 504 g/mol. The van der Waals surface area contributed by atoms with Crippen molar-refractivity contribution in [3.8, 4) is 5.75 Å². The number of aromatic hydroxyl groups is 1. The molecule has 6 N–H and O–H groups in total. The van der Waals surface area contributed by atoms with Gasteiger partial charge in [-0.1, -0.05) is 89.2 Å². The second kappa shape index (κ2) is 18.6. The summed E-state index contributed by atoms with van der Waals surface area (Å²) >= 11 is 0. The van der Waals surface area contributed by atoms with E-state index >= 15 is 0 Å². The normalized spacial score (nSPS) is 24.1. The first-order valence-electron chi connectivity index (χ1n) is 14.8. The molecule has 6 atom stereocenters. The van der Waals surface area contributed by atoms with E-state index in [1.807, 2.05) is 6.92 Å². The topological polar surface area (TPSA) is 157 Å². The Bertz CT molecular complexity index is 816. The number of phenols is 1. The third-order valence-electron chi connectivity index (χ3n) is 7.61. The number of carboxylic acids is 1. The minimum absolute atomic E-state index is 0.0351. The minimum atomic E-state index is -1.41. The first kappa shape index (κ1) is 33.5. The summed E-state index contributed by atoms with van der Waals surface area (Å²) in [6.45, 7) is 1.44. The summed E-state index contributed by atoms with van der Waals surface area (Å²) in [4.78, 5) is 11.3. The molecule has 9 heteroatoms. The lowest BCUT2D eigenvalue weighted by Gasteiger charge is -2.40. The van der Waals surface area contributed by atoms with Gasteiger partial charge in [0.05, 0.1) is 12.7 Å². The molecule has 1 fully saturated rings. The number of aromatic carboxylic acids is 1. The fourth-order valence-electron chi connectivity index (χ4n) is 5.21. The predicted octanol–water partition coefficient (Wildman–Crippen LogP) is 4.30. The summed E-state index contributed by atoms with van der Waals surface area (Å²) in [5.74, 6) is -1.23. The molecule has 0 saturated carbocycles. The Morgan fingerprint density at radius 2 is 1.38 bits per heavy atom. The molecule has 2 rings (SSSR count). The van der Waals surface area contributed by atoms with Gasteiger partial charge in [-0.15, -0.1) is 0 Å². The van der Waals surface area contributed by atoms with Crippen LogP contribution in [0, 0.1) is 0 Å². The number of carboxylic acid groups (broad SMARTS) is 1. The van der Waals surface area contributed by atoms with Crippen molar-refractivity contribution in [3.05, 3.63) is 29.3 Å². The highest BCUT2D eigenvalue weighted by atomic mass is 16.7. The molecule has 224 valence electrons. The summed E-state index contributed by atoms with van der Waals surface area (Å²) in [7, 11) is 0.